The number of nitrogens with zero attached hydrogens (tertiary/aromatic N) is 4. The Morgan fingerprint density at radius 3 is 2.48 bits per heavy atom. The minimum atomic E-state index is 0.809. The van der Waals surface area contributed by atoms with Gasteiger partial charge in [-0.1, -0.05) is 6.07 Å². The van der Waals surface area contributed by atoms with Crippen LogP contribution in [0.4, 0.5) is 17.5 Å². The summed E-state index contributed by atoms with van der Waals surface area (Å²) in [5.41, 5.74) is 3.21. The lowest BCUT2D eigenvalue weighted by Gasteiger charge is -2.32. The molecule has 5 nitrogen and oxygen atoms in total. The fourth-order valence-corrected chi connectivity index (χ4v) is 3.22. The van der Waals surface area contributed by atoms with Crippen molar-refractivity contribution in [1.29, 1.82) is 0 Å². The number of likely N-dealkylation sites (N-methyl/N-ethyl adjacent to an activating group) is 1. The first-order valence-electron chi connectivity index (χ1n) is 7.83. The Hall–Kier alpha value is -1.66. The van der Waals surface area contributed by atoms with Crippen LogP contribution < -0.4 is 10.2 Å². The van der Waals surface area contributed by atoms with Crippen LogP contribution in [0.2, 0.25) is 0 Å². The molecule has 1 aliphatic heterocycles. The summed E-state index contributed by atoms with van der Waals surface area (Å²) < 4.78 is 1.04. The van der Waals surface area contributed by atoms with Crippen molar-refractivity contribution in [3.63, 3.8) is 0 Å². The van der Waals surface area contributed by atoms with Crippen molar-refractivity contribution in [3.05, 3.63) is 40.0 Å². The summed E-state index contributed by atoms with van der Waals surface area (Å²) in [6.07, 6.45) is 0. The van der Waals surface area contributed by atoms with Gasteiger partial charge >= 0.3 is 0 Å². The average Bonchev–Trinajstić information content (AvgIpc) is 2.50. The second-order valence-electron chi connectivity index (χ2n) is 6.09. The Kier molecular flexibility index (Phi) is 4.82. The molecule has 1 aromatic heterocycles. The Bertz CT molecular complexity index is 695. The number of piperazine rings is 1. The van der Waals surface area contributed by atoms with Crippen molar-refractivity contribution >= 4 is 33.4 Å². The number of aryl methyl sites for hydroxylation is 2. The zero-order chi connectivity index (χ0) is 16.4. The Balaban J connectivity index is 1.82. The second-order valence-corrected chi connectivity index (χ2v) is 6.95. The molecule has 0 radical (unpaired) electrons. The maximum atomic E-state index is 4.71. The summed E-state index contributed by atoms with van der Waals surface area (Å²) in [5, 5.41) is 3.39. The number of rotatable bonds is 3. The van der Waals surface area contributed by atoms with Gasteiger partial charge in [0.15, 0.2) is 0 Å². The van der Waals surface area contributed by atoms with Crippen LogP contribution in [-0.2, 0) is 0 Å². The summed E-state index contributed by atoms with van der Waals surface area (Å²) in [5.74, 6) is 1.64. The minimum absolute atomic E-state index is 0.809. The van der Waals surface area contributed by atoms with E-state index in [0.29, 0.717) is 0 Å². The monoisotopic (exact) mass is 375 g/mol. The maximum Gasteiger partial charge on any atom is 0.227 e. The zero-order valence-electron chi connectivity index (χ0n) is 13.8. The van der Waals surface area contributed by atoms with Crippen LogP contribution in [0.1, 0.15) is 11.3 Å². The van der Waals surface area contributed by atoms with Gasteiger partial charge in [0, 0.05) is 42.4 Å². The number of anilines is 3. The number of aromatic nitrogens is 2. The summed E-state index contributed by atoms with van der Waals surface area (Å²) >= 11 is 3.60. The number of hydrogen-bond donors (Lipinski definition) is 1. The zero-order valence-corrected chi connectivity index (χ0v) is 15.4. The number of nitrogens with one attached hydrogen (secondary N) is 1. The van der Waals surface area contributed by atoms with Gasteiger partial charge in [-0.05, 0) is 54.5 Å². The number of halogens is 1. The Labute approximate surface area is 145 Å². The van der Waals surface area contributed by atoms with Crippen LogP contribution in [-0.4, -0.2) is 48.1 Å². The SMILES string of the molecule is Cc1ccc(Nc2cc(C)nc(N3CCN(C)CC3)n2)c(Br)c1. The lowest BCUT2D eigenvalue weighted by atomic mass is 10.2. The lowest BCUT2D eigenvalue weighted by Crippen LogP contribution is -2.45. The molecule has 0 saturated carbocycles. The molecule has 0 atom stereocenters. The van der Waals surface area contributed by atoms with E-state index in [1.54, 1.807) is 0 Å². The molecule has 1 fully saturated rings. The second kappa shape index (κ2) is 6.84. The van der Waals surface area contributed by atoms with E-state index in [1.165, 1.54) is 5.56 Å². The molecule has 23 heavy (non-hydrogen) atoms. The first-order valence-corrected chi connectivity index (χ1v) is 8.63. The van der Waals surface area contributed by atoms with E-state index in [4.69, 9.17) is 4.98 Å². The molecule has 0 spiro atoms. The molecule has 1 saturated heterocycles. The van der Waals surface area contributed by atoms with Crippen LogP contribution in [0.25, 0.3) is 0 Å². The predicted molar refractivity (Wildman–Crippen MR) is 98.6 cm³/mol. The Morgan fingerprint density at radius 1 is 1.04 bits per heavy atom. The molecule has 1 N–H and O–H groups in total. The number of benzene rings is 1. The van der Waals surface area contributed by atoms with Crippen molar-refractivity contribution in [2.45, 2.75) is 13.8 Å². The normalized spacial score (nSPS) is 15.7. The third-order valence-corrected chi connectivity index (χ3v) is 4.67. The van der Waals surface area contributed by atoms with Crippen molar-refractivity contribution < 1.29 is 0 Å². The quantitative estimate of drug-likeness (QED) is 0.890. The topological polar surface area (TPSA) is 44.3 Å². The van der Waals surface area contributed by atoms with E-state index >= 15 is 0 Å². The van der Waals surface area contributed by atoms with Crippen molar-refractivity contribution in [1.82, 2.24) is 14.9 Å². The molecule has 2 heterocycles. The largest absolute Gasteiger partial charge is 0.339 e. The predicted octanol–water partition coefficient (Wildman–Crippen LogP) is 3.35. The van der Waals surface area contributed by atoms with E-state index in [2.05, 4.69) is 68.2 Å². The van der Waals surface area contributed by atoms with E-state index in [0.717, 1.165) is 53.8 Å². The third-order valence-electron chi connectivity index (χ3n) is 4.02. The van der Waals surface area contributed by atoms with E-state index in [9.17, 15) is 0 Å². The third kappa shape index (κ3) is 4.00. The highest BCUT2D eigenvalue weighted by atomic mass is 79.9. The molecule has 2 aromatic rings. The molecule has 122 valence electrons. The average molecular weight is 376 g/mol. The van der Waals surface area contributed by atoms with Gasteiger partial charge in [-0.15, -0.1) is 0 Å². The van der Waals surface area contributed by atoms with Crippen LogP contribution in [0.3, 0.4) is 0 Å². The van der Waals surface area contributed by atoms with Gasteiger partial charge in [0.2, 0.25) is 5.95 Å². The highest BCUT2D eigenvalue weighted by Crippen LogP contribution is 2.27. The molecule has 0 bridgehead atoms. The van der Waals surface area contributed by atoms with Crippen molar-refractivity contribution in [3.8, 4) is 0 Å². The van der Waals surface area contributed by atoms with Crippen molar-refractivity contribution in [2.24, 2.45) is 0 Å². The summed E-state index contributed by atoms with van der Waals surface area (Å²) in [6.45, 7) is 8.11. The van der Waals surface area contributed by atoms with E-state index in [-0.39, 0.29) is 0 Å². The lowest BCUT2D eigenvalue weighted by molar-refractivity contribution is 0.311. The van der Waals surface area contributed by atoms with Gasteiger partial charge in [-0.25, -0.2) is 4.98 Å². The molecule has 6 heteroatoms. The molecular weight excluding hydrogens is 354 g/mol. The van der Waals surface area contributed by atoms with Crippen LogP contribution in [0.5, 0.6) is 0 Å². The van der Waals surface area contributed by atoms with Crippen LogP contribution >= 0.6 is 15.9 Å². The number of hydrogen-bond acceptors (Lipinski definition) is 5. The molecule has 0 aliphatic carbocycles. The molecular formula is C17H22BrN5. The summed E-state index contributed by atoms with van der Waals surface area (Å²) in [7, 11) is 2.15. The maximum absolute atomic E-state index is 4.71. The smallest absolute Gasteiger partial charge is 0.227 e. The first-order chi connectivity index (χ1) is 11.0. The fraction of sp³-hybridized carbons (Fsp3) is 0.412. The minimum Gasteiger partial charge on any atom is -0.339 e. The van der Waals surface area contributed by atoms with E-state index < -0.39 is 0 Å². The summed E-state index contributed by atoms with van der Waals surface area (Å²) in [4.78, 5) is 13.9. The van der Waals surface area contributed by atoms with Gasteiger partial charge in [0.1, 0.15) is 5.82 Å². The van der Waals surface area contributed by atoms with Crippen LogP contribution in [0, 0.1) is 13.8 Å². The van der Waals surface area contributed by atoms with Crippen molar-refractivity contribution in [2.75, 3.05) is 43.4 Å². The molecule has 3 rings (SSSR count). The van der Waals surface area contributed by atoms with Gasteiger partial charge in [-0.2, -0.15) is 4.98 Å². The summed E-state index contributed by atoms with van der Waals surface area (Å²) in [6, 6.07) is 8.22. The fourth-order valence-electron chi connectivity index (χ4n) is 2.62. The van der Waals surface area contributed by atoms with Gasteiger partial charge in [-0.3, -0.25) is 0 Å². The van der Waals surface area contributed by atoms with E-state index in [1.807, 2.05) is 13.0 Å². The molecule has 1 aliphatic rings. The molecule has 0 amide bonds. The highest BCUT2D eigenvalue weighted by Gasteiger charge is 2.17. The standard InChI is InChI=1S/C17H22BrN5/c1-12-4-5-15(14(18)10-12)20-16-11-13(2)19-17(21-16)23-8-6-22(3)7-9-23/h4-5,10-11H,6-9H2,1-3H3,(H,19,20,21). The van der Waals surface area contributed by atoms with Gasteiger partial charge in [0.25, 0.3) is 0 Å². The first kappa shape index (κ1) is 16.2. The van der Waals surface area contributed by atoms with Gasteiger partial charge < -0.3 is 15.1 Å². The molecule has 0 unspecified atom stereocenters. The highest BCUT2D eigenvalue weighted by molar-refractivity contribution is 9.10. The van der Waals surface area contributed by atoms with Crippen LogP contribution in [0.15, 0.2) is 28.7 Å². The van der Waals surface area contributed by atoms with Gasteiger partial charge in [0.05, 0.1) is 5.69 Å². The Morgan fingerprint density at radius 2 is 1.78 bits per heavy atom. The molecule has 1 aromatic carbocycles.